The zero-order chi connectivity index (χ0) is 14.8. The van der Waals surface area contributed by atoms with E-state index in [4.69, 9.17) is 4.74 Å². The van der Waals surface area contributed by atoms with Gasteiger partial charge in [-0.2, -0.15) is 0 Å². The third-order valence-corrected chi connectivity index (χ3v) is 3.40. The third-order valence-electron chi connectivity index (χ3n) is 3.40. The summed E-state index contributed by atoms with van der Waals surface area (Å²) in [6.07, 6.45) is 4.13. The summed E-state index contributed by atoms with van der Waals surface area (Å²) in [6.45, 7) is 6.62. The van der Waals surface area contributed by atoms with Crippen LogP contribution in [-0.4, -0.2) is 37.5 Å². The monoisotopic (exact) mass is 271 g/mol. The first kappa shape index (κ1) is 17.9. The van der Waals surface area contributed by atoms with Gasteiger partial charge in [-0.3, -0.25) is 9.59 Å². The summed E-state index contributed by atoms with van der Waals surface area (Å²) >= 11 is 0. The standard InChI is InChI=1S/C15H29NO3/c1-6-8-13(7-2)11-19-14(17)10-9-12(3)15(18)16(4)5/h12-13H,6-11H2,1-5H3. The fraction of sp³-hybridized carbons (Fsp3) is 0.867. The Labute approximate surface area is 117 Å². The summed E-state index contributed by atoms with van der Waals surface area (Å²) in [7, 11) is 3.46. The van der Waals surface area contributed by atoms with Crippen molar-refractivity contribution >= 4 is 11.9 Å². The highest BCUT2D eigenvalue weighted by atomic mass is 16.5. The zero-order valence-electron chi connectivity index (χ0n) is 13.1. The molecule has 0 saturated carbocycles. The molecule has 0 aliphatic rings. The van der Waals surface area contributed by atoms with Crippen molar-refractivity contribution in [3.63, 3.8) is 0 Å². The molecule has 19 heavy (non-hydrogen) atoms. The van der Waals surface area contributed by atoms with Gasteiger partial charge in [0.1, 0.15) is 0 Å². The molecule has 0 radical (unpaired) electrons. The van der Waals surface area contributed by atoms with E-state index in [0.29, 0.717) is 25.4 Å². The van der Waals surface area contributed by atoms with Gasteiger partial charge in [0.2, 0.25) is 5.91 Å². The number of hydrogen-bond donors (Lipinski definition) is 0. The second kappa shape index (κ2) is 9.82. The molecule has 0 aliphatic carbocycles. The van der Waals surface area contributed by atoms with Gasteiger partial charge in [-0.15, -0.1) is 0 Å². The van der Waals surface area contributed by atoms with Crippen LogP contribution in [0.15, 0.2) is 0 Å². The van der Waals surface area contributed by atoms with E-state index >= 15 is 0 Å². The van der Waals surface area contributed by atoms with Crippen LogP contribution in [0, 0.1) is 11.8 Å². The second-order valence-corrected chi connectivity index (χ2v) is 5.42. The van der Waals surface area contributed by atoms with E-state index in [0.717, 1.165) is 19.3 Å². The largest absolute Gasteiger partial charge is 0.465 e. The van der Waals surface area contributed by atoms with Crippen molar-refractivity contribution in [1.29, 1.82) is 0 Å². The van der Waals surface area contributed by atoms with E-state index in [1.54, 1.807) is 19.0 Å². The molecular weight excluding hydrogens is 242 g/mol. The number of nitrogens with zero attached hydrogens (tertiary/aromatic N) is 1. The number of ether oxygens (including phenoxy) is 1. The molecule has 0 aromatic heterocycles. The van der Waals surface area contributed by atoms with Gasteiger partial charge in [-0.1, -0.05) is 33.6 Å². The molecule has 0 heterocycles. The average molecular weight is 271 g/mol. The molecule has 0 aromatic carbocycles. The van der Waals surface area contributed by atoms with E-state index < -0.39 is 0 Å². The molecule has 0 N–H and O–H groups in total. The Morgan fingerprint density at radius 2 is 1.79 bits per heavy atom. The Kier molecular flexibility index (Phi) is 9.27. The van der Waals surface area contributed by atoms with Crippen LogP contribution in [0.5, 0.6) is 0 Å². The van der Waals surface area contributed by atoms with Crippen molar-refractivity contribution in [1.82, 2.24) is 4.90 Å². The SMILES string of the molecule is CCCC(CC)COC(=O)CCC(C)C(=O)N(C)C. The molecule has 112 valence electrons. The number of amides is 1. The Morgan fingerprint density at radius 3 is 2.26 bits per heavy atom. The van der Waals surface area contributed by atoms with Gasteiger partial charge in [-0.25, -0.2) is 0 Å². The minimum Gasteiger partial charge on any atom is -0.465 e. The Hall–Kier alpha value is -1.06. The van der Waals surface area contributed by atoms with Gasteiger partial charge in [0, 0.05) is 26.4 Å². The lowest BCUT2D eigenvalue weighted by Crippen LogP contribution is -2.28. The lowest BCUT2D eigenvalue weighted by molar-refractivity contribution is -0.145. The highest BCUT2D eigenvalue weighted by molar-refractivity contribution is 5.78. The fourth-order valence-electron chi connectivity index (χ4n) is 2.00. The number of rotatable bonds is 9. The molecule has 0 rings (SSSR count). The molecule has 0 spiro atoms. The van der Waals surface area contributed by atoms with Crippen molar-refractivity contribution < 1.29 is 14.3 Å². The van der Waals surface area contributed by atoms with Gasteiger partial charge < -0.3 is 9.64 Å². The molecule has 2 unspecified atom stereocenters. The van der Waals surface area contributed by atoms with Crippen LogP contribution in [0.3, 0.4) is 0 Å². The molecule has 4 nitrogen and oxygen atoms in total. The predicted octanol–water partition coefficient (Wildman–Crippen LogP) is 2.86. The quantitative estimate of drug-likeness (QED) is 0.606. The summed E-state index contributed by atoms with van der Waals surface area (Å²) in [5.41, 5.74) is 0. The van der Waals surface area contributed by atoms with Crippen LogP contribution < -0.4 is 0 Å². The zero-order valence-corrected chi connectivity index (χ0v) is 13.1. The van der Waals surface area contributed by atoms with Crippen LogP contribution in [-0.2, 0) is 14.3 Å². The maximum Gasteiger partial charge on any atom is 0.305 e. The Bertz CT molecular complexity index is 277. The number of hydrogen-bond acceptors (Lipinski definition) is 3. The van der Waals surface area contributed by atoms with Crippen LogP contribution in [0.2, 0.25) is 0 Å². The second-order valence-electron chi connectivity index (χ2n) is 5.42. The number of carbonyl (C=O) groups is 2. The maximum atomic E-state index is 11.6. The minimum atomic E-state index is -0.187. The van der Waals surface area contributed by atoms with Crippen LogP contribution in [0.25, 0.3) is 0 Å². The van der Waals surface area contributed by atoms with E-state index in [1.165, 1.54) is 0 Å². The molecule has 0 bridgehead atoms. The van der Waals surface area contributed by atoms with E-state index in [9.17, 15) is 9.59 Å². The molecule has 2 atom stereocenters. The van der Waals surface area contributed by atoms with Crippen molar-refractivity contribution in [2.75, 3.05) is 20.7 Å². The average Bonchev–Trinajstić information content (AvgIpc) is 2.39. The van der Waals surface area contributed by atoms with Gasteiger partial charge in [0.25, 0.3) is 0 Å². The van der Waals surface area contributed by atoms with Gasteiger partial charge in [0.05, 0.1) is 6.61 Å². The highest BCUT2D eigenvalue weighted by Crippen LogP contribution is 2.13. The van der Waals surface area contributed by atoms with Gasteiger partial charge >= 0.3 is 5.97 Å². The summed E-state index contributed by atoms with van der Waals surface area (Å²) in [5.74, 6) is 0.216. The first-order valence-corrected chi connectivity index (χ1v) is 7.29. The molecule has 0 fully saturated rings. The maximum absolute atomic E-state index is 11.6. The topological polar surface area (TPSA) is 46.6 Å². The van der Waals surface area contributed by atoms with Crippen LogP contribution >= 0.6 is 0 Å². The lowest BCUT2D eigenvalue weighted by atomic mass is 10.0. The Morgan fingerprint density at radius 1 is 1.16 bits per heavy atom. The summed E-state index contributed by atoms with van der Waals surface area (Å²) in [6, 6.07) is 0. The molecule has 1 amide bonds. The molecule has 0 saturated heterocycles. The van der Waals surface area contributed by atoms with Crippen molar-refractivity contribution in [3.05, 3.63) is 0 Å². The van der Waals surface area contributed by atoms with Gasteiger partial charge in [0.15, 0.2) is 0 Å². The normalized spacial score (nSPS) is 13.7. The number of carbonyl (C=O) groups excluding carboxylic acids is 2. The summed E-state index contributed by atoms with van der Waals surface area (Å²) in [4.78, 5) is 24.8. The smallest absolute Gasteiger partial charge is 0.305 e. The van der Waals surface area contributed by atoms with Crippen LogP contribution in [0.1, 0.15) is 52.9 Å². The van der Waals surface area contributed by atoms with Gasteiger partial charge in [-0.05, 0) is 18.8 Å². The molecule has 0 aliphatic heterocycles. The molecular formula is C15H29NO3. The van der Waals surface area contributed by atoms with Crippen LogP contribution in [0.4, 0.5) is 0 Å². The fourth-order valence-corrected chi connectivity index (χ4v) is 2.00. The number of esters is 1. The Balaban J connectivity index is 3.89. The molecule has 4 heteroatoms. The first-order chi connectivity index (χ1) is 8.92. The predicted molar refractivity (Wildman–Crippen MR) is 76.7 cm³/mol. The van der Waals surface area contributed by atoms with Crippen molar-refractivity contribution in [2.24, 2.45) is 11.8 Å². The summed E-state index contributed by atoms with van der Waals surface area (Å²) in [5, 5.41) is 0. The minimum absolute atomic E-state index is 0.0604. The van der Waals surface area contributed by atoms with Crippen molar-refractivity contribution in [2.45, 2.75) is 52.9 Å². The third kappa shape index (κ3) is 7.85. The molecule has 0 aromatic rings. The van der Waals surface area contributed by atoms with Crippen molar-refractivity contribution in [3.8, 4) is 0 Å². The van der Waals surface area contributed by atoms with E-state index in [-0.39, 0.29) is 17.8 Å². The highest BCUT2D eigenvalue weighted by Gasteiger charge is 2.17. The van der Waals surface area contributed by atoms with E-state index in [1.807, 2.05) is 6.92 Å². The van der Waals surface area contributed by atoms with E-state index in [2.05, 4.69) is 13.8 Å². The lowest BCUT2D eigenvalue weighted by Gasteiger charge is -2.17. The first-order valence-electron chi connectivity index (χ1n) is 7.29. The summed E-state index contributed by atoms with van der Waals surface area (Å²) < 4.78 is 5.27.